The van der Waals surface area contributed by atoms with E-state index in [1.807, 2.05) is 0 Å². The topological polar surface area (TPSA) is 78.3 Å². The second-order valence-corrected chi connectivity index (χ2v) is 5.37. The molecule has 118 valence electrons. The highest BCUT2D eigenvalue weighted by Crippen LogP contribution is 2.16. The smallest absolute Gasteiger partial charge is 0.266 e. The lowest BCUT2D eigenvalue weighted by Crippen LogP contribution is -2.28. The van der Waals surface area contributed by atoms with Crippen LogP contribution in [-0.4, -0.2) is 22.5 Å². The van der Waals surface area contributed by atoms with Crippen LogP contribution < -0.4 is 5.32 Å². The van der Waals surface area contributed by atoms with Crippen LogP contribution in [0.1, 0.15) is 22.0 Å². The number of oxazole rings is 1. The molecule has 3 rings (SSSR count). The van der Waals surface area contributed by atoms with Gasteiger partial charge in [-0.3, -0.25) is 4.79 Å². The molecule has 0 aliphatic heterocycles. The lowest BCUT2D eigenvalue weighted by molar-refractivity contribution is 0.0916. The summed E-state index contributed by atoms with van der Waals surface area (Å²) in [4.78, 5) is 15.2. The van der Waals surface area contributed by atoms with Gasteiger partial charge in [0.1, 0.15) is 5.82 Å². The molecule has 1 aromatic heterocycles. The number of H-pyrrole nitrogens is 1. The van der Waals surface area contributed by atoms with Crippen LogP contribution in [0.2, 0.25) is 0 Å². The Kier molecular flexibility index (Phi) is 4.22. The monoisotopic (exact) mass is 332 g/mol. The number of fused-ring (bicyclic) bond motifs is 1. The Bertz CT molecular complexity index is 902. The number of nitrogens with one attached hydrogen (secondary N) is 2. The Morgan fingerprint density at radius 1 is 1.30 bits per heavy atom. The Labute approximate surface area is 135 Å². The number of halogens is 1. The fourth-order valence-electron chi connectivity index (χ4n) is 2.18. The highest BCUT2D eigenvalue weighted by Gasteiger charge is 2.12. The third kappa shape index (κ3) is 3.46. The zero-order valence-electron chi connectivity index (χ0n) is 11.9. The number of hydrogen-bond acceptors (Lipinski definition) is 4. The van der Waals surface area contributed by atoms with Gasteiger partial charge in [-0.1, -0.05) is 12.1 Å². The molecular formula is C16H13FN2O3S. The number of amides is 1. The molecule has 1 unspecified atom stereocenters. The minimum atomic E-state index is -0.917. The number of rotatable bonds is 4. The van der Waals surface area contributed by atoms with Gasteiger partial charge in [0.05, 0.1) is 11.6 Å². The van der Waals surface area contributed by atoms with Gasteiger partial charge in [0.2, 0.25) is 0 Å². The maximum atomic E-state index is 12.8. The molecular weight excluding hydrogens is 319 g/mol. The lowest BCUT2D eigenvalue weighted by Gasteiger charge is -2.12. The van der Waals surface area contributed by atoms with Crippen molar-refractivity contribution < 1.29 is 18.7 Å². The van der Waals surface area contributed by atoms with Crippen molar-refractivity contribution in [1.82, 2.24) is 10.3 Å². The van der Waals surface area contributed by atoms with Crippen molar-refractivity contribution >= 4 is 29.2 Å². The molecule has 0 spiro atoms. The van der Waals surface area contributed by atoms with Gasteiger partial charge >= 0.3 is 0 Å². The number of aliphatic hydroxyl groups is 1. The van der Waals surface area contributed by atoms with Gasteiger partial charge in [-0.05, 0) is 48.1 Å². The van der Waals surface area contributed by atoms with E-state index in [1.54, 1.807) is 18.2 Å². The van der Waals surface area contributed by atoms with E-state index in [4.69, 9.17) is 16.6 Å². The summed E-state index contributed by atoms with van der Waals surface area (Å²) in [6.45, 7) is 0.0130. The van der Waals surface area contributed by atoms with Crippen LogP contribution in [0.3, 0.4) is 0 Å². The molecule has 23 heavy (non-hydrogen) atoms. The predicted octanol–water partition coefficient (Wildman–Crippen LogP) is 3.09. The standard InChI is InChI=1S/C16H13FN2O3S/c17-11-4-1-9(2-5-11)13(20)8-18-15(21)10-3-6-12-14(7-10)22-16(23)19-12/h1-7,13,20H,8H2,(H,18,21)(H,19,23). The molecule has 1 heterocycles. The number of aromatic nitrogens is 1. The molecule has 0 bridgehead atoms. The van der Waals surface area contributed by atoms with Crippen molar-refractivity contribution in [2.24, 2.45) is 0 Å². The maximum Gasteiger partial charge on any atom is 0.266 e. The Morgan fingerprint density at radius 3 is 2.78 bits per heavy atom. The van der Waals surface area contributed by atoms with Crippen molar-refractivity contribution in [3.05, 3.63) is 64.2 Å². The van der Waals surface area contributed by atoms with Gasteiger partial charge in [-0.25, -0.2) is 4.39 Å². The Morgan fingerprint density at radius 2 is 2.04 bits per heavy atom. The average Bonchev–Trinajstić information content (AvgIpc) is 2.92. The lowest BCUT2D eigenvalue weighted by atomic mass is 10.1. The van der Waals surface area contributed by atoms with Crippen molar-refractivity contribution in [2.45, 2.75) is 6.10 Å². The molecule has 0 saturated heterocycles. The first kappa shape index (κ1) is 15.4. The molecule has 3 aromatic rings. The summed E-state index contributed by atoms with van der Waals surface area (Å²) in [5.74, 6) is -0.731. The maximum absolute atomic E-state index is 12.8. The molecule has 0 aliphatic rings. The average molecular weight is 332 g/mol. The summed E-state index contributed by atoms with van der Waals surface area (Å²) in [6.07, 6.45) is -0.917. The second kappa shape index (κ2) is 6.31. The van der Waals surface area contributed by atoms with Gasteiger partial charge in [-0.2, -0.15) is 0 Å². The first-order chi connectivity index (χ1) is 11.0. The van der Waals surface area contributed by atoms with E-state index in [9.17, 15) is 14.3 Å². The van der Waals surface area contributed by atoms with Crippen LogP contribution in [0.5, 0.6) is 0 Å². The van der Waals surface area contributed by atoms with Gasteiger partial charge < -0.3 is 19.8 Å². The van der Waals surface area contributed by atoms with Crippen LogP contribution >= 0.6 is 12.2 Å². The van der Waals surface area contributed by atoms with E-state index in [2.05, 4.69) is 10.3 Å². The van der Waals surface area contributed by atoms with Gasteiger partial charge in [0.25, 0.3) is 10.7 Å². The third-order valence-corrected chi connectivity index (χ3v) is 3.58. The van der Waals surface area contributed by atoms with E-state index in [0.717, 1.165) is 0 Å². The van der Waals surface area contributed by atoms with Crippen molar-refractivity contribution in [1.29, 1.82) is 0 Å². The molecule has 2 aromatic carbocycles. The molecule has 0 aliphatic carbocycles. The largest absolute Gasteiger partial charge is 0.429 e. The number of aliphatic hydroxyl groups excluding tert-OH is 1. The molecule has 0 radical (unpaired) electrons. The van der Waals surface area contributed by atoms with Crippen LogP contribution in [0.15, 0.2) is 46.9 Å². The molecule has 0 saturated carbocycles. The van der Waals surface area contributed by atoms with Crippen LogP contribution in [-0.2, 0) is 0 Å². The van der Waals surface area contributed by atoms with E-state index < -0.39 is 6.10 Å². The number of carbonyl (C=O) groups excluding carboxylic acids is 1. The van der Waals surface area contributed by atoms with Crippen LogP contribution in [0.4, 0.5) is 4.39 Å². The molecule has 1 atom stereocenters. The van der Waals surface area contributed by atoms with E-state index in [-0.39, 0.29) is 23.1 Å². The summed E-state index contributed by atoms with van der Waals surface area (Å²) in [5, 5.41) is 12.6. The van der Waals surface area contributed by atoms with Crippen molar-refractivity contribution in [3.63, 3.8) is 0 Å². The quantitative estimate of drug-likeness (QED) is 0.642. The predicted molar refractivity (Wildman–Crippen MR) is 85.1 cm³/mol. The SMILES string of the molecule is O=C(NCC(O)c1ccc(F)cc1)c1ccc2[nH]c(=S)oc2c1. The summed E-state index contributed by atoms with van der Waals surface area (Å²) in [5.41, 5.74) is 2.11. The zero-order chi connectivity index (χ0) is 16.4. The third-order valence-electron chi connectivity index (χ3n) is 3.39. The highest BCUT2D eigenvalue weighted by molar-refractivity contribution is 7.71. The van der Waals surface area contributed by atoms with Crippen LogP contribution in [0, 0.1) is 10.7 Å². The Hall–Kier alpha value is -2.51. The first-order valence-electron chi connectivity index (χ1n) is 6.87. The molecule has 5 nitrogen and oxygen atoms in total. The minimum absolute atomic E-state index is 0.0130. The van der Waals surface area contributed by atoms with Crippen molar-refractivity contribution in [2.75, 3.05) is 6.54 Å². The first-order valence-corrected chi connectivity index (χ1v) is 7.28. The van der Waals surface area contributed by atoms with Gasteiger partial charge in [-0.15, -0.1) is 0 Å². The van der Waals surface area contributed by atoms with Crippen LogP contribution in [0.25, 0.3) is 11.1 Å². The fraction of sp³-hybridized carbons (Fsp3) is 0.125. The van der Waals surface area contributed by atoms with Gasteiger partial charge in [0, 0.05) is 12.1 Å². The fourth-order valence-corrected chi connectivity index (χ4v) is 2.38. The molecule has 0 fully saturated rings. The number of aromatic amines is 1. The molecule has 7 heteroatoms. The van der Waals surface area contributed by atoms with Gasteiger partial charge in [0.15, 0.2) is 5.58 Å². The molecule has 1 amide bonds. The summed E-state index contributed by atoms with van der Waals surface area (Å²) in [6, 6.07) is 10.4. The summed E-state index contributed by atoms with van der Waals surface area (Å²) in [7, 11) is 0. The van der Waals surface area contributed by atoms with Crippen molar-refractivity contribution in [3.8, 4) is 0 Å². The van der Waals surface area contributed by atoms with E-state index >= 15 is 0 Å². The number of benzene rings is 2. The second-order valence-electron chi connectivity index (χ2n) is 5.00. The molecule has 3 N–H and O–H groups in total. The normalized spacial score (nSPS) is 12.3. The number of hydrogen-bond donors (Lipinski definition) is 3. The highest BCUT2D eigenvalue weighted by atomic mass is 32.1. The van der Waals surface area contributed by atoms with E-state index in [0.29, 0.717) is 22.2 Å². The summed E-state index contributed by atoms with van der Waals surface area (Å²) >= 11 is 4.89. The summed E-state index contributed by atoms with van der Waals surface area (Å²) < 4.78 is 18.1. The Balaban J connectivity index is 1.67. The minimum Gasteiger partial charge on any atom is -0.429 e. The number of carbonyl (C=O) groups is 1. The zero-order valence-corrected chi connectivity index (χ0v) is 12.7. The van der Waals surface area contributed by atoms with E-state index in [1.165, 1.54) is 24.3 Å².